The fourth-order valence-corrected chi connectivity index (χ4v) is 4.71. The number of nitrogens with zero attached hydrogens (tertiary/aromatic N) is 2. The Bertz CT molecular complexity index is 1130. The van der Waals surface area contributed by atoms with E-state index in [0.717, 1.165) is 26.8 Å². The Morgan fingerprint density at radius 1 is 1.10 bits per heavy atom. The number of carbonyl (C=O) groups excluding carboxylic acids is 3. The molecule has 146 valence electrons. The molecule has 0 radical (unpaired) electrons. The molecular weight excluding hydrogens is 474 g/mol. The quantitative estimate of drug-likeness (QED) is 0.517. The minimum atomic E-state index is -0.523. The summed E-state index contributed by atoms with van der Waals surface area (Å²) in [7, 11) is 1.65. The molecule has 2 aliphatic heterocycles. The molecule has 1 N–H and O–H groups in total. The maximum Gasteiger partial charge on any atom is 0.286 e. The van der Waals surface area contributed by atoms with Crippen LogP contribution in [0.3, 0.4) is 0 Å². The van der Waals surface area contributed by atoms with Gasteiger partial charge in [0, 0.05) is 22.6 Å². The van der Waals surface area contributed by atoms with Crippen molar-refractivity contribution in [2.75, 3.05) is 11.9 Å². The summed E-state index contributed by atoms with van der Waals surface area (Å²) in [6.07, 6.45) is 0. The average Bonchev–Trinajstić information content (AvgIpc) is 3.09. The molecule has 0 aliphatic carbocycles. The third-order valence-corrected chi connectivity index (χ3v) is 6.50. The lowest BCUT2D eigenvalue weighted by Gasteiger charge is -2.15. The maximum atomic E-state index is 13.0. The standard InChI is InChI=1S/C20H14BrN3O3S2/c1-10-3-5-11(6-4-10)17(25)22-24-19(27)16(29-20(24)28)15-13-9-12(21)7-8-14(13)23(2)18(15)26/h3-9H,1-2H3,(H,22,25)/b16-15-. The number of nitrogens with one attached hydrogen (secondary N) is 1. The lowest BCUT2D eigenvalue weighted by atomic mass is 10.1. The van der Waals surface area contributed by atoms with E-state index in [4.69, 9.17) is 12.2 Å². The van der Waals surface area contributed by atoms with Crippen molar-refractivity contribution in [1.29, 1.82) is 0 Å². The summed E-state index contributed by atoms with van der Waals surface area (Å²) in [6.45, 7) is 1.92. The zero-order chi connectivity index (χ0) is 20.9. The molecule has 9 heteroatoms. The predicted molar refractivity (Wildman–Crippen MR) is 120 cm³/mol. The smallest absolute Gasteiger partial charge is 0.286 e. The molecule has 0 atom stereocenters. The second-order valence-electron chi connectivity index (χ2n) is 6.55. The van der Waals surface area contributed by atoms with E-state index in [2.05, 4.69) is 21.4 Å². The van der Waals surface area contributed by atoms with Crippen LogP contribution in [0.4, 0.5) is 5.69 Å². The number of thioether (sulfide) groups is 1. The van der Waals surface area contributed by atoms with E-state index in [9.17, 15) is 14.4 Å². The second kappa shape index (κ2) is 7.40. The van der Waals surface area contributed by atoms with Crippen LogP contribution in [0.25, 0.3) is 5.57 Å². The lowest BCUT2D eigenvalue weighted by Crippen LogP contribution is -2.45. The van der Waals surface area contributed by atoms with Crippen LogP contribution in [0.2, 0.25) is 0 Å². The summed E-state index contributed by atoms with van der Waals surface area (Å²) in [5.41, 5.74) is 5.61. The first-order chi connectivity index (χ1) is 13.8. The highest BCUT2D eigenvalue weighted by molar-refractivity contribution is 9.10. The van der Waals surface area contributed by atoms with Crippen molar-refractivity contribution in [2.45, 2.75) is 6.92 Å². The van der Waals surface area contributed by atoms with Gasteiger partial charge in [0.2, 0.25) is 0 Å². The molecule has 1 fully saturated rings. The summed E-state index contributed by atoms with van der Waals surface area (Å²) < 4.78 is 0.955. The molecule has 0 aromatic heterocycles. The third kappa shape index (κ3) is 3.39. The number of aryl methyl sites for hydroxylation is 1. The largest absolute Gasteiger partial charge is 0.311 e. The van der Waals surface area contributed by atoms with Crippen molar-refractivity contribution in [1.82, 2.24) is 10.4 Å². The summed E-state index contributed by atoms with van der Waals surface area (Å²) >= 11 is 9.71. The number of amides is 3. The normalized spacial score (nSPS) is 18.5. The molecule has 2 aromatic carbocycles. The number of carbonyl (C=O) groups is 3. The van der Waals surface area contributed by atoms with Crippen molar-refractivity contribution >= 4 is 73.2 Å². The fraction of sp³-hybridized carbons (Fsp3) is 0.100. The Morgan fingerprint density at radius 3 is 2.48 bits per heavy atom. The molecule has 1 saturated heterocycles. The summed E-state index contributed by atoms with van der Waals surface area (Å²) in [5, 5.41) is 1.02. The van der Waals surface area contributed by atoms with Gasteiger partial charge >= 0.3 is 0 Å². The van der Waals surface area contributed by atoms with Gasteiger partial charge in [-0.25, -0.2) is 0 Å². The van der Waals surface area contributed by atoms with Gasteiger partial charge in [0.25, 0.3) is 17.7 Å². The number of anilines is 1. The van der Waals surface area contributed by atoms with Crippen molar-refractivity contribution < 1.29 is 14.4 Å². The van der Waals surface area contributed by atoms with Crippen LogP contribution in [0.15, 0.2) is 51.8 Å². The lowest BCUT2D eigenvalue weighted by molar-refractivity contribution is -0.124. The van der Waals surface area contributed by atoms with Gasteiger partial charge in [-0.3, -0.25) is 19.8 Å². The third-order valence-electron chi connectivity index (χ3n) is 4.63. The molecule has 6 nitrogen and oxygen atoms in total. The van der Waals surface area contributed by atoms with E-state index in [0.29, 0.717) is 16.8 Å². The molecule has 2 aromatic rings. The molecule has 0 saturated carbocycles. The first kappa shape index (κ1) is 19.8. The van der Waals surface area contributed by atoms with Gasteiger partial charge < -0.3 is 4.90 Å². The molecule has 2 heterocycles. The van der Waals surface area contributed by atoms with Crippen LogP contribution in [0.1, 0.15) is 21.5 Å². The Labute approximate surface area is 185 Å². The fourth-order valence-electron chi connectivity index (χ4n) is 3.10. The van der Waals surface area contributed by atoms with E-state index in [-0.39, 0.29) is 20.7 Å². The number of halogens is 1. The molecule has 2 aliphatic rings. The first-order valence-electron chi connectivity index (χ1n) is 8.54. The van der Waals surface area contributed by atoms with Crippen molar-refractivity contribution in [3.05, 3.63) is 68.5 Å². The molecular formula is C20H14BrN3O3S2. The molecule has 4 rings (SSSR count). The number of hydrazine groups is 1. The number of rotatable bonds is 2. The van der Waals surface area contributed by atoms with Crippen LogP contribution < -0.4 is 10.3 Å². The highest BCUT2D eigenvalue weighted by Crippen LogP contribution is 2.44. The zero-order valence-corrected chi connectivity index (χ0v) is 18.6. The Hall–Kier alpha value is -2.49. The summed E-state index contributed by atoms with van der Waals surface area (Å²) in [6, 6.07) is 12.4. The molecule has 0 unspecified atom stereocenters. The monoisotopic (exact) mass is 487 g/mol. The van der Waals surface area contributed by atoms with Crippen molar-refractivity contribution in [3.8, 4) is 0 Å². The van der Waals surface area contributed by atoms with Gasteiger partial charge in [0.15, 0.2) is 4.32 Å². The molecule has 29 heavy (non-hydrogen) atoms. The average molecular weight is 488 g/mol. The zero-order valence-electron chi connectivity index (χ0n) is 15.4. The number of likely N-dealkylation sites (N-methyl/N-ethyl adjacent to an activating group) is 1. The van der Waals surface area contributed by atoms with Crippen LogP contribution >= 0.6 is 39.9 Å². The minimum Gasteiger partial charge on any atom is -0.311 e. The Morgan fingerprint density at radius 2 is 1.79 bits per heavy atom. The van der Waals surface area contributed by atoms with Gasteiger partial charge in [0.05, 0.1) is 16.2 Å². The van der Waals surface area contributed by atoms with E-state index < -0.39 is 11.8 Å². The van der Waals surface area contributed by atoms with Crippen LogP contribution in [-0.4, -0.2) is 34.1 Å². The van der Waals surface area contributed by atoms with Crippen molar-refractivity contribution in [3.63, 3.8) is 0 Å². The van der Waals surface area contributed by atoms with Crippen LogP contribution in [-0.2, 0) is 9.59 Å². The van der Waals surface area contributed by atoms with Gasteiger partial charge in [0.1, 0.15) is 0 Å². The predicted octanol–water partition coefficient (Wildman–Crippen LogP) is 3.65. The number of thiocarbonyl (C=S) groups is 1. The highest BCUT2D eigenvalue weighted by atomic mass is 79.9. The van der Waals surface area contributed by atoms with Crippen LogP contribution in [0, 0.1) is 6.92 Å². The highest BCUT2D eigenvalue weighted by Gasteiger charge is 2.42. The van der Waals surface area contributed by atoms with E-state index in [1.165, 1.54) is 4.90 Å². The van der Waals surface area contributed by atoms with E-state index >= 15 is 0 Å². The molecule has 3 amide bonds. The van der Waals surface area contributed by atoms with Gasteiger partial charge in [-0.2, -0.15) is 5.01 Å². The Kier molecular flexibility index (Phi) is 5.05. The van der Waals surface area contributed by atoms with Gasteiger partial charge in [-0.1, -0.05) is 45.4 Å². The summed E-state index contributed by atoms with van der Waals surface area (Å²) in [4.78, 5) is 40.1. The topological polar surface area (TPSA) is 69.7 Å². The molecule has 0 spiro atoms. The van der Waals surface area contributed by atoms with Crippen molar-refractivity contribution in [2.24, 2.45) is 0 Å². The van der Waals surface area contributed by atoms with Crippen LogP contribution in [0.5, 0.6) is 0 Å². The number of fused-ring (bicyclic) bond motifs is 1. The Balaban J connectivity index is 1.68. The van der Waals surface area contributed by atoms with Gasteiger partial charge in [-0.15, -0.1) is 0 Å². The maximum absolute atomic E-state index is 13.0. The SMILES string of the molecule is Cc1ccc(C(=O)NN2C(=O)/C(=C3/C(=O)N(C)c4ccc(Br)cc43)SC2=S)cc1. The van der Waals surface area contributed by atoms with E-state index in [1.54, 1.807) is 25.2 Å². The second-order valence-corrected chi connectivity index (χ2v) is 9.11. The first-order valence-corrected chi connectivity index (χ1v) is 10.6. The number of benzene rings is 2. The minimum absolute atomic E-state index is 0.164. The number of hydrogen-bond acceptors (Lipinski definition) is 5. The van der Waals surface area contributed by atoms with Gasteiger partial charge in [-0.05, 0) is 49.5 Å². The number of hydrogen-bond donors (Lipinski definition) is 1. The summed E-state index contributed by atoms with van der Waals surface area (Å²) in [5.74, 6) is -1.26. The van der Waals surface area contributed by atoms with E-state index in [1.807, 2.05) is 31.2 Å². The molecule has 0 bridgehead atoms.